The summed E-state index contributed by atoms with van der Waals surface area (Å²) in [6.45, 7) is 4.25. The van der Waals surface area contributed by atoms with Crippen LogP contribution in [-0.4, -0.2) is 46.1 Å². The van der Waals surface area contributed by atoms with Gasteiger partial charge in [0.2, 0.25) is 5.91 Å². The second kappa shape index (κ2) is 63.1. The lowest BCUT2D eigenvalue weighted by Crippen LogP contribution is -2.45. The smallest absolute Gasteiger partial charge is 0.222 e. The van der Waals surface area contributed by atoms with Crippen LogP contribution in [0.2, 0.25) is 0 Å². The molecule has 4 N–H and O–H groups in total. The van der Waals surface area contributed by atoms with Crippen molar-refractivity contribution >= 4 is 5.91 Å². The monoisotopic (exact) mass is 1030 g/mol. The zero-order chi connectivity index (χ0) is 52.9. The fourth-order valence-corrected chi connectivity index (χ4v) is 10.6. The van der Waals surface area contributed by atoms with E-state index in [-0.39, 0.29) is 18.9 Å². The summed E-state index contributed by atoms with van der Waals surface area (Å²) < 4.78 is 0. The lowest BCUT2D eigenvalue weighted by molar-refractivity contribution is -0.124. The summed E-state index contributed by atoms with van der Waals surface area (Å²) in [6.07, 6.45) is 83.9. The number of amides is 1. The van der Waals surface area contributed by atoms with Gasteiger partial charge in [0, 0.05) is 0 Å². The van der Waals surface area contributed by atoms with E-state index < -0.39 is 18.2 Å². The van der Waals surface area contributed by atoms with Crippen LogP contribution in [-0.2, 0) is 4.79 Å². The number of carbonyl (C=O) groups is 1. The Labute approximate surface area is 457 Å². The molecular weight excluding hydrogens is 895 g/mol. The van der Waals surface area contributed by atoms with Gasteiger partial charge in [0.05, 0.1) is 31.3 Å². The lowest BCUT2D eigenvalue weighted by atomic mass is 10.0. The molecule has 3 atom stereocenters. The van der Waals surface area contributed by atoms with Crippen LogP contribution in [0, 0.1) is 0 Å². The number of rotatable bonds is 62. The zero-order valence-electron chi connectivity index (χ0n) is 49.5. The third-order valence-corrected chi connectivity index (χ3v) is 15.6. The molecule has 0 aliphatic heterocycles. The van der Waals surface area contributed by atoms with E-state index in [4.69, 9.17) is 0 Å². The summed E-state index contributed by atoms with van der Waals surface area (Å²) in [7, 11) is 0. The first-order valence-corrected chi connectivity index (χ1v) is 33.3. The van der Waals surface area contributed by atoms with Gasteiger partial charge in [-0.3, -0.25) is 4.79 Å². The summed E-state index contributed by atoms with van der Waals surface area (Å²) in [5, 5.41) is 33.6. The molecule has 0 aromatic rings. The van der Waals surface area contributed by atoms with Gasteiger partial charge < -0.3 is 20.6 Å². The van der Waals surface area contributed by atoms with Crippen LogP contribution >= 0.6 is 0 Å². The van der Waals surface area contributed by atoms with Gasteiger partial charge in [0.25, 0.3) is 0 Å². The first-order chi connectivity index (χ1) is 36.0. The van der Waals surface area contributed by atoms with Gasteiger partial charge in [-0.1, -0.05) is 339 Å². The van der Waals surface area contributed by atoms with Gasteiger partial charge in [-0.25, -0.2) is 0 Å². The summed E-state index contributed by atoms with van der Waals surface area (Å²) in [6, 6.07) is -0.762. The summed E-state index contributed by atoms with van der Waals surface area (Å²) in [5.74, 6) is -0.319. The van der Waals surface area contributed by atoms with Crippen molar-refractivity contribution in [2.45, 2.75) is 385 Å². The second-order valence-electron chi connectivity index (χ2n) is 23.1. The quantitative estimate of drug-likeness (QED) is 0.0361. The van der Waals surface area contributed by atoms with Crippen molar-refractivity contribution in [3.63, 3.8) is 0 Å². The molecule has 0 rings (SSSR count). The van der Waals surface area contributed by atoms with Gasteiger partial charge in [-0.2, -0.15) is 0 Å². The maximum Gasteiger partial charge on any atom is 0.222 e. The van der Waals surface area contributed by atoms with Crippen molar-refractivity contribution in [1.82, 2.24) is 5.32 Å². The molecule has 432 valence electrons. The van der Waals surface area contributed by atoms with Crippen molar-refractivity contribution in [2.75, 3.05) is 6.61 Å². The number of allylic oxidation sites excluding steroid dienone is 5. The second-order valence-corrected chi connectivity index (χ2v) is 23.1. The third kappa shape index (κ3) is 59.7. The maximum absolute atomic E-state index is 12.6. The Morgan fingerprint density at radius 3 is 0.877 bits per heavy atom. The fraction of sp³-hybridized carbons (Fsp3) is 0.897. The molecule has 0 aromatic carbocycles. The minimum Gasteiger partial charge on any atom is -0.394 e. The Balaban J connectivity index is 3.52. The average Bonchev–Trinajstić information content (AvgIpc) is 3.39. The predicted octanol–water partition coefficient (Wildman–Crippen LogP) is 21.3. The number of aliphatic hydroxyl groups is 3. The largest absolute Gasteiger partial charge is 0.394 e. The molecule has 0 fully saturated rings. The van der Waals surface area contributed by atoms with Crippen LogP contribution in [0.3, 0.4) is 0 Å². The van der Waals surface area contributed by atoms with E-state index in [1.807, 2.05) is 6.08 Å². The van der Waals surface area contributed by atoms with E-state index >= 15 is 0 Å². The third-order valence-electron chi connectivity index (χ3n) is 15.6. The molecule has 0 saturated carbocycles. The molecule has 0 saturated heterocycles. The van der Waals surface area contributed by atoms with Gasteiger partial charge in [-0.15, -0.1) is 0 Å². The molecule has 0 aromatic heterocycles. The van der Waals surface area contributed by atoms with E-state index in [2.05, 4.69) is 43.5 Å². The van der Waals surface area contributed by atoms with Crippen LogP contribution in [0.5, 0.6) is 0 Å². The molecule has 0 radical (unpaired) electrons. The molecule has 3 unspecified atom stereocenters. The normalized spacial score (nSPS) is 13.3. The number of carbonyl (C=O) groups excluding carboxylic acids is 1. The molecule has 0 spiro atoms. The van der Waals surface area contributed by atoms with E-state index in [0.29, 0.717) is 6.42 Å². The van der Waals surface area contributed by atoms with E-state index in [9.17, 15) is 20.1 Å². The van der Waals surface area contributed by atoms with Crippen molar-refractivity contribution in [1.29, 1.82) is 0 Å². The highest BCUT2D eigenvalue weighted by molar-refractivity contribution is 5.76. The number of unbranched alkanes of at least 4 members (excludes halogenated alkanes) is 49. The Morgan fingerprint density at radius 2 is 0.589 bits per heavy atom. The SMILES string of the molecule is CCCCCCCCCCCCCCCC/C=C\CCCCCCCCCCCCCCCCCC(O)CC(=O)NC(CO)C(O)/C=C/CC/C=C/CCCCCCCCCCCCCCCCCCCCC. The highest BCUT2D eigenvalue weighted by Gasteiger charge is 2.20. The van der Waals surface area contributed by atoms with Crippen molar-refractivity contribution in [3.05, 3.63) is 36.5 Å². The molecule has 0 aliphatic carbocycles. The van der Waals surface area contributed by atoms with Crippen molar-refractivity contribution in [2.24, 2.45) is 0 Å². The summed E-state index contributed by atoms with van der Waals surface area (Å²) >= 11 is 0. The maximum atomic E-state index is 12.6. The Bertz CT molecular complexity index is 1130. The molecule has 73 heavy (non-hydrogen) atoms. The van der Waals surface area contributed by atoms with Gasteiger partial charge in [0.15, 0.2) is 0 Å². The fourth-order valence-electron chi connectivity index (χ4n) is 10.6. The van der Waals surface area contributed by atoms with Crippen LogP contribution in [0.15, 0.2) is 36.5 Å². The molecule has 0 bridgehead atoms. The van der Waals surface area contributed by atoms with Crippen LogP contribution < -0.4 is 5.32 Å². The van der Waals surface area contributed by atoms with Gasteiger partial charge in [0.1, 0.15) is 0 Å². The lowest BCUT2D eigenvalue weighted by Gasteiger charge is -2.21. The minimum atomic E-state index is -0.953. The highest BCUT2D eigenvalue weighted by Crippen LogP contribution is 2.18. The average molecular weight is 1030 g/mol. The number of hydrogen-bond donors (Lipinski definition) is 4. The standard InChI is InChI=1S/C68H131NO4/c1-3-5-7-9-11-13-15-17-19-21-23-25-27-29-30-31-32-33-34-35-36-38-39-41-43-45-47-49-51-53-55-57-59-61-65(71)63-68(73)69-66(64-70)67(72)62-60-58-56-54-52-50-48-46-44-42-40-37-28-26-24-22-20-18-16-14-12-10-8-6-4-2/h31-32,52,54,60,62,65-67,70-72H,3-30,33-51,53,55-59,61,63-64H2,1-2H3,(H,69,73)/b32-31-,54-52+,62-60+. The van der Waals surface area contributed by atoms with E-state index in [0.717, 1.165) is 32.1 Å². The highest BCUT2D eigenvalue weighted by atomic mass is 16.3. The predicted molar refractivity (Wildman–Crippen MR) is 324 cm³/mol. The number of aliphatic hydroxyl groups excluding tert-OH is 3. The first kappa shape index (κ1) is 71.6. The number of hydrogen-bond acceptors (Lipinski definition) is 4. The first-order valence-electron chi connectivity index (χ1n) is 33.3. The Hall–Kier alpha value is -1.43. The molecule has 0 aliphatic rings. The Kier molecular flexibility index (Phi) is 61.9. The Morgan fingerprint density at radius 1 is 0.342 bits per heavy atom. The van der Waals surface area contributed by atoms with Crippen LogP contribution in [0.4, 0.5) is 0 Å². The topological polar surface area (TPSA) is 89.8 Å². The molecule has 0 heterocycles. The van der Waals surface area contributed by atoms with Crippen molar-refractivity contribution < 1.29 is 20.1 Å². The minimum absolute atomic E-state index is 0.00840. The molecular formula is C68H131NO4. The zero-order valence-corrected chi connectivity index (χ0v) is 49.5. The molecule has 1 amide bonds. The van der Waals surface area contributed by atoms with E-state index in [1.165, 1.54) is 308 Å². The molecule has 5 nitrogen and oxygen atoms in total. The van der Waals surface area contributed by atoms with Gasteiger partial charge >= 0.3 is 0 Å². The summed E-state index contributed by atoms with van der Waals surface area (Å²) in [4.78, 5) is 12.6. The van der Waals surface area contributed by atoms with E-state index in [1.54, 1.807) is 6.08 Å². The van der Waals surface area contributed by atoms with Gasteiger partial charge in [-0.05, 0) is 57.8 Å². The van der Waals surface area contributed by atoms with Crippen LogP contribution in [0.25, 0.3) is 0 Å². The summed E-state index contributed by atoms with van der Waals surface area (Å²) in [5.41, 5.74) is 0. The molecule has 5 heteroatoms. The number of nitrogens with one attached hydrogen (secondary N) is 1. The van der Waals surface area contributed by atoms with Crippen molar-refractivity contribution in [3.8, 4) is 0 Å². The van der Waals surface area contributed by atoms with Crippen LogP contribution in [0.1, 0.15) is 367 Å².